The molecule has 0 bridgehead atoms. The molecule has 0 spiro atoms. The van der Waals surface area contributed by atoms with E-state index in [1.807, 2.05) is 29.3 Å². The molecule has 6 nitrogen and oxygen atoms in total. The highest BCUT2D eigenvalue weighted by atomic mass is 16.2. The van der Waals surface area contributed by atoms with Crippen LogP contribution in [0.15, 0.2) is 41.5 Å². The number of aromatic nitrogens is 1. The Kier molecular flexibility index (Phi) is 5.48. The molecule has 1 fully saturated rings. The van der Waals surface area contributed by atoms with Crippen LogP contribution in [-0.2, 0) is 11.3 Å². The second-order valence-corrected chi connectivity index (χ2v) is 6.14. The van der Waals surface area contributed by atoms with Crippen molar-refractivity contribution in [3.63, 3.8) is 0 Å². The normalized spacial score (nSPS) is 15.5. The van der Waals surface area contributed by atoms with Gasteiger partial charge in [-0.15, -0.1) is 0 Å². The van der Waals surface area contributed by atoms with Crippen molar-refractivity contribution in [3.05, 3.63) is 42.2 Å². The Bertz CT molecular complexity index is 760. The van der Waals surface area contributed by atoms with E-state index in [1.54, 1.807) is 6.92 Å². The molecule has 2 heterocycles. The summed E-state index contributed by atoms with van der Waals surface area (Å²) in [5.41, 5.74) is 0.982. The number of piperazine rings is 1. The number of nitrogens with one attached hydrogen (secondary N) is 1. The number of guanidine groups is 1. The van der Waals surface area contributed by atoms with E-state index in [0.717, 1.165) is 49.8 Å². The Hall–Kier alpha value is -2.63. The van der Waals surface area contributed by atoms with Gasteiger partial charge >= 0.3 is 0 Å². The Morgan fingerprint density at radius 1 is 1.16 bits per heavy atom. The number of fused-ring (bicyclic) bond motifs is 1. The number of nitrogens with zero attached hydrogens (tertiary/aromatic N) is 4. The van der Waals surface area contributed by atoms with Gasteiger partial charge < -0.3 is 15.1 Å². The summed E-state index contributed by atoms with van der Waals surface area (Å²) in [5, 5.41) is 5.69. The van der Waals surface area contributed by atoms with Crippen LogP contribution < -0.4 is 5.32 Å². The van der Waals surface area contributed by atoms with Crippen molar-refractivity contribution in [1.29, 1.82) is 0 Å². The Labute approximate surface area is 148 Å². The molecule has 0 aliphatic carbocycles. The average molecular weight is 339 g/mol. The number of hydrogen-bond donors (Lipinski definition) is 1. The lowest BCUT2D eigenvalue weighted by Crippen LogP contribution is -2.53. The van der Waals surface area contributed by atoms with E-state index >= 15 is 0 Å². The first kappa shape index (κ1) is 17.2. The molecule has 6 heteroatoms. The summed E-state index contributed by atoms with van der Waals surface area (Å²) in [6, 6.07) is 10.3. The molecular weight excluding hydrogens is 314 g/mol. The third-order valence-corrected chi connectivity index (χ3v) is 4.49. The average Bonchev–Trinajstić information content (AvgIpc) is 2.65. The van der Waals surface area contributed by atoms with Crippen molar-refractivity contribution in [2.24, 2.45) is 4.99 Å². The Morgan fingerprint density at radius 3 is 2.60 bits per heavy atom. The summed E-state index contributed by atoms with van der Waals surface area (Å²) in [6.07, 6.45) is 1.84. The Morgan fingerprint density at radius 2 is 1.88 bits per heavy atom. The zero-order chi connectivity index (χ0) is 17.6. The highest BCUT2D eigenvalue weighted by Gasteiger charge is 2.20. The van der Waals surface area contributed by atoms with Crippen LogP contribution >= 0.6 is 0 Å². The van der Waals surface area contributed by atoms with Gasteiger partial charge in [0.25, 0.3) is 0 Å². The maximum Gasteiger partial charge on any atom is 0.219 e. The fourth-order valence-corrected chi connectivity index (χ4v) is 3.12. The molecule has 3 rings (SSSR count). The van der Waals surface area contributed by atoms with Gasteiger partial charge in [-0.1, -0.05) is 24.3 Å². The lowest BCUT2D eigenvalue weighted by molar-refractivity contribution is -0.130. The number of pyridine rings is 1. The van der Waals surface area contributed by atoms with Crippen LogP contribution in [0.2, 0.25) is 0 Å². The summed E-state index contributed by atoms with van der Waals surface area (Å²) in [5.74, 6) is 1.03. The molecule has 0 saturated carbocycles. The van der Waals surface area contributed by atoms with Crippen molar-refractivity contribution in [3.8, 4) is 0 Å². The topological polar surface area (TPSA) is 60.8 Å². The van der Waals surface area contributed by atoms with Gasteiger partial charge in [0.2, 0.25) is 5.91 Å². The van der Waals surface area contributed by atoms with Crippen LogP contribution in [0, 0.1) is 0 Å². The van der Waals surface area contributed by atoms with Crippen molar-refractivity contribution >= 4 is 22.6 Å². The number of aliphatic imine (C=N–C) groups is 1. The molecule has 132 valence electrons. The van der Waals surface area contributed by atoms with Gasteiger partial charge in [-0.2, -0.15) is 0 Å². The summed E-state index contributed by atoms with van der Waals surface area (Å²) < 4.78 is 0. The van der Waals surface area contributed by atoms with Crippen molar-refractivity contribution in [1.82, 2.24) is 20.1 Å². The number of rotatable bonds is 3. The maximum atomic E-state index is 11.5. The van der Waals surface area contributed by atoms with Crippen LogP contribution in [0.1, 0.15) is 19.5 Å². The van der Waals surface area contributed by atoms with E-state index in [2.05, 4.69) is 34.3 Å². The molecule has 0 radical (unpaired) electrons. The minimum absolute atomic E-state index is 0.140. The van der Waals surface area contributed by atoms with Gasteiger partial charge in [-0.3, -0.25) is 9.78 Å². The van der Waals surface area contributed by atoms with Crippen LogP contribution in [0.5, 0.6) is 0 Å². The lowest BCUT2D eigenvalue weighted by Gasteiger charge is -2.36. The Balaban J connectivity index is 1.75. The number of hydrogen-bond acceptors (Lipinski definition) is 3. The van der Waals surface area contributed by atoms with Crippen LogP contribution in [-0.4, -0.2) is 59.4 Å². The highest BCUT2D eigenvalue weighted by Crippen LogP contribution is 2.17. The molecule has 0 unspecified atom stereocenters. The second kappa shape index (κ2) is 7.96. The van der Waals surface area contributed by atoms with Crippen molar-refractivity contribution in [2.75, 3.05) is 32.7 Å². The van der Waals surface area contributed by atoms with Crippen LogP contribution in [0.4, 0.5) is 0 Å². The summed E-state index contributed by atoms with van der Waals surface area (Å²) >= 11 is 0. The van der Waals surface area contributed by atoms with E-state index in [-0.39, 0.29) is 5.91 Å². The fourth-order valence-electron chi connectivity index (χ4n) is 3.12. The molecule has 1 N–H and O–H groups in total. The van der Waals surface area contributed by atoms with E-state index in [1.165, 1.54) is 5.39 Å². The molecule has 1 aromatic carbocycles. The predicted octanol–water partition coefficient (Wildman–Crippen LogP) is 1.86. The van der Waals surface area contributed by atoms with Gasteiger partial charge in [-0.05, 0) is 18.4 Å². The van der Waals surface area contributed by atoms with E-state index in [4.69, 9.17) is 4.99 Å². The SMILES string of the molecule is CCNC(=NCc1nccc2ccccc12)N1CCN(C(C)=O)CC1. The van der Waals surface area contributed by atoms with Gasteiger partial charge in [0.1, 0.15) is 0 Å². The van der Waals surface area contributed by atoms with E-state index < -0.39 is 0 Å². The number of carbonyl (C=O) groups is 1. The minimum atomic E-state index is 0.140. The maximum absolute atomic E-state index is 11.5. The zero-order valence-corrected chi connectivity index (χ0v) is 14.9. The largest absolute Gasteiger partial charge is 0.357 e. The third kappa shape index (κ3) is 4.07. The molecule has 1 saturated heterocycles. The lowest BCUT2D eigenvalue weighted by atomic mass is 10.1. The third-order valence-electron chi connectivity index (χ3n) is 4.49. The summed E-state index contributed by atoms with van der Waals surface area (Å²) in [7, 11) is 0. The first-order valence-electron chi connectivity index (χ1n) is 8.80. The highest BCUT2D eigenvalue weighted by molar-refractivity contribution is 5.85. The van der Waals surface area contributed by atoms with Gasteiger partial charge in [0.05, 0.1) is 12.2 Å². The molecule has 25 heavy (non-hydrogen) atoms. The standard InChI is InChI=1S/C19H25N5O/c1-3-20-19(24-12-10-23(11-13-24)15(2)25)22-14-18-17-7-5-4-6-16(17)8-9-21-18/h4-9H,3,10-14H2,1-2H3,(H,20,22). The number of benzene rings is 1. The van der Waals surface area contributed by atoms with E-state index in [9.17, 15) is 4.79 Å². The van der Waals surface area contributed by atoms with Crippen molar-refractivity contribution < 1.29 is 4.79 Å². The van der Waals surface area contributed by atoms with Crippen molar-refractivity contribution in [2.45, 2.75) is 20.4 Å². The van der Waals surface area contributed by atoms with Crippen LogP contribution in [0.3, 0.4) is 0 Å². The number of amides is 1. The molecule has 0 atom stereocenters. The molecule has 1 aromatic heterocycles. The van der Waals surface area contributed by atoms with Gasteiger partial charge in [-0.25, -0.2) is 4.99 Å². The number of carbonyl (C=O) groups excluding carboxylic acids is 1. The molecular formula is C19H25N5O. The van der Waals surface area contributed by atoms with Gasteiger partial charge in [0.15, 0.2) is 5.96 Å². The molecule has 2 aromatic rings. The second-order valence-electron chi connectivity index (χ2n) is 6.14. The zero-order valence-electron chi connectivity index (χ0n) is 14.9. The first-order valence-corrected chi connectivity index (χ1v) is 8.80. The molecule has 1 aliphatic rings. The minimum Gasteiger partial charge on any atom is -0.357 e. The quantitative estimate of drug-likeness (QED) is 0.685. The summed E-state index contributed by atoms with van der Waals surface area (Å²) in [6.45, 7) is 8.13. The molecule has 1 amide bonds. The summed E-state index contributed by atoms with van der Waals surface area (Å²) in [4.78, 5) is 24.9. The van der Waals surface area contributed by atoms with Crippen LogP contribution in [0.25, 0.3) is 10.8 Å². The monoisotopic (exact) mass is 339 g/mol. The van der Waals surface area contributed by atoms with Gasteiger partial charge in [0, 0.05) is 51.2 Å². The molecule has 1 aliphatic heterocycles. The smallest absolute Gasteiger partial charge is 0.219 e. The first-order chi connectivity index (χ1) is 12.2. The fraction of sp³-hybridized carbons (Fsp3) is 0.421. The van der Waals surface area contributed by atoms with E-state index in [0.29, 0.717) is 6.54 Å². The predicted molar refractivity (Wildman–Crippen MR) is 100 cm³/mol.